The van der Waals surface area contributed by atoms with E-state index in [4.69, 9.17) is 10.5 Å². The van der Waals surface area contributed by atoms with E-state index in [1.165, 1.54) is 6.92 Å². The molecule has 1 aliphatic heterocycles. The lowest BCUT2D eigenvalue weighted by Crippen LogP contribution is -2.28. The van der Waals surface area contributed by atoms with Gasteiger partial charge < -0.3 is 25.8 Å². The van der Waals surface area contributed by atoms with Crippen LogP contribution in [0.4, 0.5) is 17.5 Å². The molecule has 21 heavy (non-hydrogen) atoms. The number of nitrogens with one attached hydrogen (secondary N) is 2. The quantitative estimate of drug-likeness (QED) is 0.497. The van der Waals surface area contributed by atoms with Gasteiger partial charge >= 0.3 is 5.97 Å². The van der Waals surface area contributed by atoms with Crippen molar-refractivity contribution in [3.63, 3.8) is 0 Å². The van der Waals surface area contributed by atoms with Crippen molar-refractivity contribution in [2.75, 3.05) is 42.4 Å². The molecule has 0 saturated heterocycles. The molecule has 0 aliphatic carbocycles. The molecule has 0 fully saturated rings. The number of aromatic nitrogens is 2. The van der Waals surface area contributed by atoms with Crippen LogP contribution in [0.2, 0.25) is 0 Å². The molecule has 9 heteroatoms. The van der Waals surface area contributed by atoms with E-state index in [0.717, 1.165) is 0 Å². The fraction of sp³-hybridized carbons (Fsp3) is 0.583. The minimum Gasteiger partial charge on any atom is -0.465 e. The second-order valence-corrected chi connectivity index (χ2v) is 4.89. The molecular formula is C12H19N5O4. The first kappa shape index (κ1) is 15.1. The van der Waals surface area contributed by atoms with Gasteiger partial charge in [0, 0.05) is 26.0 Å². The summed E-state index contributed by atoms with van der Waals surface area (Å²) in [5.74, 6) is 0.0337. The summed E-state index contributed by atoms with van der Waals surface area (Å²) in [5, 5.41) is 12.2. The van der Waals surface area contributed by atoms with Crippen molar-refractivity contribution in [2.45, 2.75) is 13.3 Å². The number of esters is 1. The average Bonchev–Trinajstić information content (AvgIpc) is 2.82. The summed E-state index contributed by atoms with van der Waals surface area (Å²) in [6, 6.07) is 0. The van der Waals surface area contributed by atoms with Crippen LogP contribution in [-0.2, 0) is 9.53 Å². The van der Waals surface area contributed by atoms with Crippen LogP contribution in [0.5, 0.6) is 0 Å². The highest BCUT2D eigenvalue weighted by atomic mass is 16.5. The Morgan fingerprint density at radius 1 is 1.62 bits per heavy atom. The molecule has 9 nitrogen and oxygen atoms in total. The molecular weight excluding hydrogens is 278 g/mol. The van der Waals surface area contributed by atoms with Gasteiger partial charge in [-0.3, -0.25) is 14.6 Å². The minimum absolute atomic E-state index is 0.0612. The van der Waals surface area contributed by atoms with Crippen LogP contribution >= 0.6 is 0 Å². The van der Waals surface area contributed by atoms with E-state index in [1.807, 2.05) is 4.90 Å². The van der Waals surface area contributed by atoms with Crippen LogP contribution in [0.3, 0.4) is 0 Å². The second kappa shape index (κ2) is 6.44. The lowest BCUT2D eigenvalue weighted by atomic mass is 10.1. The number of hydrogen-bond donors (Lipinski definition) is 4. The molecule has 0 aromatic carbocycles. The Bertz CT molecular complexity index is 573. The molecule has 116 valence electrons. The van der Waals surface area contributed by atoms with Crippen LogP contribution in [-0.4, -0.2) is 47.5 Å². The van der Waals surface area contributed by atoms with E-state index < -0.39 is 0 Å². The Hall–Kier alpha value is -2.29. The third-order valence-corrected chi connectivity index (χ3v) is 3.25. The Morgan fingerprint density at radius 2 is 2.38 bits per heavy atom. The first-order chi connectivity index (χ1) is 10.0. The fourth-order valence-electron chi connectivity index (χ4n) is 2.10. The van der Waals surface area contributed by atoms with Gasteiger partial charge in [0.15, 0.2) is 5.82 Å². The number of nitrogens with two attached hydrogens (primary N) is 1. The van der Waals surface area contributed by atoms with Crippen molar-refractivity contribution in [3.8, 4) is 0 Å². The second-order valence-electron chi connectivity index (χ2n) is 4.89. The van der Waals surface area contributed by atoms with Crippen molar-refractivity contribution >= 4 is 23.4 Å². The first-order valence-electron chi connectivity index (χ1n) is 6.64. The maximum absolute atomic E-state index is 11.7. The van der Waals surface area contributed by atoms with Crippen LogP contribution in [0.15, 0.2) is 4.79 Å². The number of aromatic amines is 1. The van der Waals surface area contributed by atoms with E-state index in [9.17, 15) is 14.7 Å². The molecule has 0 amide bonds. The molecule has 2 heterocycles. The van der Waals surface area contributed by atoms with Gasteiger partial charge in [-0.05, 0) is 6.42 Å². The highest BCUT2D eigenvalue weighted by Crippen LogP contribution is 2.26. The normalized spacial score (nSPS) is 14.5. The van der Waals surface area contributed by atoms with Crippen LogP contribution < -0.4 is 21.5 Å². The zero-order chi connectivity index (χ0) is 15.4. The van der Waals surface area contributed by atoms with Crippen LogP contribution in [0.1, 0.15) is 13.3 Å². The molecule has 1 aromatic heterocycles. The molecule has 0 bridgehead atoms. The highest BCUT2D eigenvalue weighted by Gasteiger charge is 2.24. The zero-order valence-corrected chi connectivity index (χ0v) is 11.8. The number of ether oxygens (including phenoxy) is 1. The smallest absolute Gasteiger partial charge is 0.302 e. The van der Waals surface area contributed by atoms with Gasteiger partial charge in [-0.1, -0.05) is 0 Å². The predicted octanol–water partition coefficient (Wildman–Crippen LogP) is -0.897. The summed E-state index contributed by atoms with van der Waals surface area (Å²) in [6.07, 6.45) is 0.597. The van der Waals surface area contributed by atoms with Gasteiger partial charge in [0.1, 0.15) is 5.69 Å². The predicted molar refractivity (Wildman–Crippen MR) is 76.9 cm³/mol. The lowest BCUT2D eigenvalue weighted by molar-refractivity contribution is -0.142. The number of anilines is 3. The average molecular weight is 297 g/mol. The zero-order valence-electron chi connectivity index (χ0n) is 11.8. The van der Waals surface area contributed by atoms with Gasteiger partial charge in [-0.25, -0.2) is 0 Å². The maximum atomic E-state index is 11.7. The number of carbonyl (C=O) groups is 1. The lowest BCUT2D eigenvalue weighted by Gasteiger charge is -2.20. The third kappa shape index (κ3) is 3.63. The monoisotopic (exact) mass is 297 g/mol. The molecule has 1 unspecified atom stereocenters. The van der Waals surface area contributed by atoms with Crippen LogP contribution in [0, 0.1) is 5.92 Å². The minimum atomic E-state index is -0.373. The van der Waals surface area contributed by atoms with E-state index >= 15 is 0 Å². The standard InChI is InChI=1S/C12H19N5O4/c1-7(19)21-5-8(4-18)2-3-17-6-14-9-10(17)15-12(13)16-11(9)20/h8,14,18H,2-6H2,1H3,(H3,13,15,16,20). The number of carbonyl (C=O) groups excluding carboxylic acids is 1. The topological polar surface area (TPSA) is 134 Å². The summed E-state index contributed by atoms with van der Waals surface area (Å²) in [6.45, 7) is 2.42. The number of hydrogen-bond acceptors (Lipinski definition) is 8. The Labute approximate surface area is 121 Å². The number of nitrogens with zero attached hydrogens (tertiary/aromatic N) is 2. The Morgan fingerprint density at radius 3 is 3.05 bits per heavy atom. The summed E-state index contributed by atoms with van der Waals surface area (Å²) >= 11 is 0. The molecule has 0 spiro atoms. The molecule has 1 atom stereocenters. The molecule has 0 saturated carbocycles. The van der Waals surface area contributed by atoms with Gasteiger partial charge in [0.2, 0.25) is 5.95 Å². The summed E-state index contributed by atoms with van der Waals surface area (Å²) < 4.78 is 4.89. The van der Waals surface area contributed by atoms with Crippen molar-refractivity contribution in [1.29, 1.82) is 0 Å². The molecule has 2 rings (SSSR count). The van der Waals surface area contributed by atoms with Gasteiger partial charge in [-0.2, -0.15) is 4.98 Å². The third-order valence-electron chi connectivity index (χ3n) is 3.25. The Kier molecular flexibility index (Phi) is 4.63. The van der Waals surface area contributed by atoms with Crippen LogP contribution in [0.25, 0.3) is 0 Å². The molecule has 0 radical (unpaired) electrons. The molecule has 1 aliphatic rings. The number of nitrogen functional groups attached to an aromatic ring is 1. The highest BCUT2D eigenvalue weighted by molar-refractivity contribution is 5.70. The van der Waals surface area contributed by atoms with Crippen molar-refractivity contribution in [2.24, 2.45) is 5.92 Å². The number of H-pyrrole nitrogens is 1. The largest absolute Gasteiger partial charge is 0.465 e. The summed E-state index contributed by atoms with van der Waals surface area (Å²) in [4.78, 5) is 30.9. The van der Waals surface area contributed by atoms with Crippen molar-refractivity contribution in [1.82, 2.24) is 9.97 Å². The van der Waals surface area contributed by atoms with E-state index in [-0.39, 0.29) is 36.6 Å². The number of aliphatic hydroxyl groups excluding tert-OH is 1. The molecule has 1 aromatic rings. The van der Waals surface area contributed by atoms with E-state index in [2.05, 4.69) is 15.3 Å². The van der Waals surface area contributed by atoms with Crippen molar-refractivity contribution < 1.29 is 14.6 Å². The summed E-state index contributed by atoms with van der Waals surface area (Å²) in [5.41, 5.74) is 5.62. The van der Waals surface area contributed by atoms with Gasteiger partial charge in [-0.15, -0.1) is 0 Å². The van der Waals surface area contributed by atoms with Gasteiger partial charge in [0.05, 0.1) is 13.3 Å². The Balaban J connectivity index is 1.97. The number of fused-ring (bicyclic) bond motifs is 1. The van der Waals surface area contributed by atoms with Gasteiger partial charge in [0.25, 0.3) is 5.56 Å². The SMILES string of the molecule is CC(=O)OCC(CO)CCN1CNc2c1nc(N)[nH]c2=O. The van der Waals surface area contributed by atoms with E-state index in [1.54, 1.807) is 0 Å². The summed E-state index contributed by atoms with van der Waals surface area (Å²) in [7, 11) is 0. The van der Waals surface area contributed by atoms with Crippen molar-refractivity contribution in [3.05, 3.63) is 10.4 Å². The number of aliphatic hydroxyl groups is 1. The van der Waals surface area contributed by atoms with E-state index in [0.29, 0.717) is 31.1 Å². The maximum Gasteiger partial charge on any atom is 0.302 e. The first-order valence-corrected chi connectivity index (χ1v) is 6.64. The number of rotatable bonds is 6. The molecule has 5 N–H and O–H groups in total. The fourth-order valence-corrected chi connectivity index (χ4v) is 2.10.